The second kappa shape index (κ2) is 5.81. The van der Waals surface area contributed by atoms with Crippen LogP contribution in [-0.4, -0.2) is 0 Å². The maximum absolute atomic E-state index is 13.8. The molecule has 1 unspecified atom stereocenters. The maximum Gasteiger partial charge on any atom is 0.161 e. The van der Waals surface area contributed by atoms with Crippen LogP contribution in [0.15, 0.2) is 18.2 Å². The van der Waals surface area contributed by atoms with Crippen molar-refractivity contribution in [1.29, 1.82) is 0 Å². The molecule has 2 aromatic rings. The van der Waals surface area contributed by atoms with Crippen LogP contribution in [0.25, 0.3) is 0 Å². The van der Waals surface area contributed by atoms with Gasteiger partial charge in [0, 0.05) is 21.4 Å². The fraction of sp³-hybridized carbons (Fsp3) is 0.375. The fourth-order valence-corrected chi connectivity index (χ4v) is 4.05. The van der Waals surface area contributed by atoms with Gasteiger partial charge in [0.15, 0.2) is 11.6 Å². The Morgan fingerprint density at radius 1 is 0.905 bits per heavy atom. The van der Waals surface area contributed by atoms with Crippen molar-refractivity contribution in [3.8, 4) is 0 Å². The van der Waals surface area contributed by atoms with Crippen LogP contribution >= 0.6 is 11.3 Å². The molecule has 1 aromatic carbocycles. The van der Waals surface area contributed by atoms with Crippen molar-refractivity contribution in [2.24, 2.45) is 5.73 Å². The predicted molar refractivity (Wildman–Crippen MR) is 77.9 cm³/mol. The summed E-state index contributed by atoms with van der Waals surface area (Å²) >= 11 is 1.56. The molecule has 0 radical (unpaired) electrons. The Hall–Kier alpha value is -1.33. The third-order valence-electron chi connectivity index (χ3n) is 3.95. The lowest BCUT2D eigenvalue weighted by Gasteiger charge is -2.11. The van der Waals surface area contributed by atoms with E-state index in [1.165, 1.54) is 16.9 Å². The zero-order valence-electron chi connectivity index (χ0n) is 11.5. The molecule has 5 heteroatoms. The van der Waals surface area contributed by atoms with Gasteiger partial charge in [0.25, 0.3) is 0 Å². The van der Waals surface area contributed by atoms with Gasteiger partial charge in [0.05, 0.1) is 6.04 Å². The summed E-state index contributed by atoms with van der Waals surface area (Å²) in [4.78, 5) is 2.10. The smallest absolute Gasteiger partial charge is 0.161 e. The number of hydrogen-bond donors (Lipinski definition) is 1. The molecule has 1 nitrogen and oxygen atoms in total. The van der Waals surface area contributed by atoms with Gasteiger partial charge in [0.2, 0.25) is 0 Å². The van der Waals surface area contributed by atoms with Gasteiger partial charge in [-0.2, -0.15) is 0 Å². The van der Waals surface area contributed by atoms with Crippen LogP contribution < -0.4 is 5.73 Å². The number of fused-ring (bicyclic) bond motifs is 1. The highest BCUT2D eigenvalue weighted by molar-refractivity contribution is 7.12. The Kier molecular flexibility index (Phi) is 4.04. The van der Waals surface area contributed by atoms with Gasteiger partial charge in [-0.05, 0) is 43.4 Å². The van der Waals surface area contributed by atoms with E-state index in [0.717, 1.165) is 36.6 Å². The van der Waals surface area contributed by atoms with E-state index in [-0.39, 0.29) is 5.56 Å². The van der Waals surface area contributed by atoms with Crippen LogP contribution in [0.3, 0.4) is 0 Å². The normalized spacial score (nSPS) is 16.4. The van der Waals surface area contributed by atoms with E-state index in [1.807, 2.05) is 6.07 Å². The van der Waals surface area contributed by atoms with Gasteiger partial charge >= 0.3 is 0 Å². The quantitative estimate of drug-likeness (QED) is 0.642. The van der Waals surface area contributed by atoms with E-state index in [4.69, 9.17) is 5.73 Å². The lowest BCUT2D eigenvalue weighted by molar-refractivity contribution is 0.488. The monoisotopic (exact) mass is 311 g/mol. The Bertz CT molecular complexity index is 642. The van der Waals surface area contributed by atoms with Crippen molar-refractivity contribution in [2.75, 3.05) is 0 Å². The van der Waals surface area contributed by atoms with Crippen molar-refractivity contribution in [3.63, 3.8) is 0 Å². The maximum atomic E-state index is 13.8. The van der Waals surface area contributed by atoms with E-state index in [1.54, 1.807) is 11.3 Å². The summed E-state index contributed by atoms with van der Waals surface area (Å²) in [5.41, 5.74) is 7.34. The van der Waals surface area contributed by atoms with Gasteiger partial charge in [-0.1, -0.05) is 6.42 Å². The molecule has 0 aliphatic heterocycles. The summed E-state index contributed by atoms with van der Waals surface area (Å²) in [6.07, 6.45) is 5.56. The number of aryl methyl sites for hydroxylation is 2. The zero-order chi connectivity index (χ0) is 15.0. The summed E-state index contributed by atoms with van der Waals surface area (Å²) in [6.45, 7) is 0. The van der Waals surface area contributed by atoms with Crippen molar-refractivity contribution in [3.05, 3.63) is 56.5 Å². The van der Waals surface area contributed by atoms with Crippen molar-refractivity contribution < 1.29 is 13.2 Å². The van der Waals surface area contributed by atoms with Crippen LogP contribution in [0.2, 0.25) is 0 Å². The lowest BCUT2D eigenvalue weighted by Crippen LogP contribution is -2.13. The first-order valence-electron chi connectivity index (χ1n) is 7.08. The molecule has 0 fully saturated rings. The molecular formula is C16H16F3NS. The van der Waals surface area contributed by atoms with Crippen molar-refractivity contribution >= 4 is 11.3 Å². The molecule has 1 aliphatic rings. The molecule has 1 aliphatic carbocycles. The SMILES string of the molecule is NC(c1cc2c(s1)CCCCC2)c1cc(F)c(F)cc1F. The van der Waals surface area contributed by atoms with Crippen LogP contribution in [-0.2, 0) is 12.8 Å². The highest BCUT2D eigenvalue weighted by Crippen LogP contribution is 2.34. The molecule has 0 amide bonds. The molecule has 0 saturated carbocycles. The zero-order valence-corrected chi connectivity index (χ0v) is 12.3. The molecule has 0 bridgehead atoms. The van der Waals surface area contributed by atoms with Crippen molar-refractivity contribution in [1.82, 2.24) is 0 Å². The first-order chi connectivity index (χ1) is 10.1. The molecule has 1 heterocycles. The summed E-state index contributed by atoms with van der Waals surface area (Å²) in [6, 6.07) is 2.66. The highest BCUT2D eigenvalue weighted by Gasteiger charge is 2.21. The number of thiophene rings is 1. The Morgan fingerprint density at radius 2 is 1.62 bits per heavy atom. The van der Waals surface area contributed by atoms with Crippen LogP contribution in [0.1, 0.15) is 46.2 Å². The number of hydrogen-bond acceptors (Lipinski definition) is 2. The minimum atomic E-state index is -1.19. The minimum Gasteiger partial charge on any atom is -0.320 e. The summed E-state index contributed by atoms with van der Waals surface area (Å²) in [5.74, 6) is -3.06. The van der Waals surface area contributed by atoms with Gasteiger partial charge in [-0.25, -0.2) is 13.2 Å². The molecule has 1 atom stereocenters. The number of rotatable bonds is 2. The van der Waals surface area contributed by atoms with Gasteiger partial charge in [-0.3, -0.25) is 0 Å². The highest BCUT2D eigenvalue weighted by atomic mass is 32.1. The predicted octanol–water partition coefficient (Wildman–Crippen LogP) is 4.48. The largest absolute Gasteiger partial charge is 0.320 e. The van der Waals surface area contributed by atoms with E-state index in [2.05, 4.69) is 0 Å². The Morgan fingerprint density at radius 3 is 2.43 bits per heavy atom. The molecule has 0 spiro atoms. The molecule has 112 valence electrons. The van der Waals surface area contributed by atoms with Gasteiger partial charge < -0.3 is 5.73 Å². The summed E-state index contributed by atoms with van der Waals surface area (Å²) in [5, 5.41) is 0. The average Bonchev–Trinajstić information content (AvgIpc) is 2.73. The Labute approximate surface area is 125 Å². The molecule has 2 N–H and O–H groups in total. The van der Waals surface area contributed by atoms with E-state index in [0.29, 0.717) is 6.07 Å². The fourth-order valence-electron chi connectivity index (χ4n) is 2.77. The number of benzene rings is 1. The first kappa shape index (κ1) is 14.6. The summed E-state index contributed by atoms with van der Waals surface area (Å²) < 4.78 is 40.2. The third-order valence-corrected chi connectivity index (χ3v) is 5.27. The third kappa shape index (κ3) is 2.85. The molecule has 0 saturated heterocycles. The van der Waals surface area contributed by atoms with Crippen LogP contribution in [0.4, 0.5) is 13.2 Å². The molecular weight excluding hydrogens is 295 g/mol. The molecule has 3 rings (SSSR count). The second-order valence-corrected chi connectivity index (χ2v) is 6.59. The summed E-state index contributed by atoms with van der Waals surface area (Å²) in [7, 11) is 0. The van der Waals surface area contributed by atoms with E-state index in [9.17, 15) is 13.2 Å². The van der Waals surface area contributed by atoms with E-state index >= 15 is 0 Å². The average molecular weight is 311 g/mol. The number of halogens is 3. The second-order valence-electron chi connectivity index (χ2n) is 5.42. The number of nitrogens with two attached hydrogens (primary N) is 1. The van der Waals surface area contributed by atoms with Crippen LogP contribution in [0, 0.1) is 17.5 Å². The van der Waals surface area contributed by atoms with E-state index < -0.39 is 23.5 Å². The van der Waals surface area contributed by atoms with Crippen LogP contribution in [0.5, 0.6) is 0 Å². The first-order valence-corrected chi connectivity index (χ1v) is 7.89. The molecule has 1 aromatic heterocycles. The van der Waals surface area contributed by atoms with Gasteiger partial charge in [-0.15, -0.1) is 11.3 Å². The Balaban J connectivity index is 1.95. The van der Waals surface area contributed by atoms with Gasteiger partial charge in [0.1, 0.15) is 5.82 Å². The standard InChI is InChI=1S/C16H16F3NS/c17-11-8-13(19)12(18)7-10(11)16(20)15-6-9-4-2-1-3-5-14(9)21-15/h6-8,16H,1-5,20H2. The van der Waals surface area contributed by atoms with Crippen molar-refractivity contribution in [2.45, 2.75) is 38.1 Å². The lowest BCUT2D eigenvalue weighted by atomic mass is 10.0. The molecule has 21 heavy (non-hydrogen) atoms. The topological polar surface area (TPSA) is 26.0 Å². The minimum absolute atomic E-state index is 0.00492.